The van der Waals surface area contributed by atoms with E-state index < -0.39 is 10.0 Å². The SMILES string of the molecule is O=S(=O)(Cc1ccccc1)N1CC(n2cc(-c3ccccc3)nn2)C1. The van der Waals surface area contributed by atoms with Crippen LogP contribution in [-0.4, -0.2) is 40.8 Å². The lowest BCUT2D eigenvalue weighted by Crippen LogP contribution is -2.51. The zero-order valence-electron chi connectivity index (χ0n) is 13.6. The van der Waals surface area contributed by atoms with Crippen molar-refractivity contribution < 1.29 is 8.42 Å². The van der Waals surface area contributed by atoms with E-state index in [1.165, 1.54) is 4.31 Å². The Labute approximate surface area is 146 Å². The molecule has 0 aliphatic carbocycles. The molecule has 3 aromatic rings. The van der Waals surface area contributed by atoms with Crippen LogP contribution in [0, 0.1) is 0 Å². The lowest BCUT2D eigenvalue weighted by atomic mass is 10.1. The largest absolute Gasteiger partial charge is 0.246 e. The van der Waals surface area contributed by atoms with Gasteiger partial charge in [-0.2, -0.15) is 4.31 Å². The van der Waals surface area contributed by atoms with Crippen molar-refractivity contribution in [2.75, 3.05) is 13.1 Å². The fraction of sp³-hybridized carbons (Fsp3) is 0.222. The number of hydrogen-bond acceptors (Lipinski definition) is 4. The van der Waals surface area contributed by atoms with Gasteiger partial charge in [0.05, 0.1) is 18.0 Å². The molecule has 4 rings (SSSR count). The number of nitrogens with zero attached hydrogens (tertiary/aromatic N) is 4. The Kier molecular flexibility index (Phi) is 4.10. The monoisotopic (exact) mass is 354 g/mol. The van der Waals surface area contributed by atoms with E-state index in [2.05, 4.69) is 10.3 Å². The van der Waals surface area contributed by atoms with Gasteiger partial charge in [0.1, 0.15) is 5.69 Å². The Morgan fingerprint density at radius 3 is 2.28 bits per heavy atom. The Morgan fingerprint density at radius 2 is 1.60 bits per heavy atom. The third-order valence-electron chi connectivity index (χ3n) is 4.37. The number of rotatable bonds is 5. The third kappa shape index (κ3) is 3.33. The van der Waals surface area contributed by atoms with Crippen LogP contribution in [0.4, 0.5) is 0 Å². The van der Waals surface area contributed by atoms with Gasteiger partial charge < -0.3 is 0 Å². The smallest absolute Gasteiger partial charge is 0.218 e. The maximum Gasteiger partial charge on any atom is 0.218 e. The molecule has 6 nitrogen and oxygen atoms in total. The summed E-state index contributed by atoms with van der Waals surface area (Å²) in [6.45, 7) is 0.875. The van der Waals surface area contributed by atoms with Crippen LogP contribution in [0.15, 0.2) is 66.9 Å². The maximum absolute atomic E-state index is 12.5. The summed E-state index contributed by atoms with van der Waals surface area (Å²) in [5, 5.41) is 8.35. The zero-order chi connectivity index (χ0) is 17.3. The number of hydrogen-bond donors (Lipinski definition) is 0. The van der Waals surface area contributed by atoms with Crippen molar-refractivity contribution in [3.8, 4) is 11.3 Å². The predicted octanol–water partition coefficient (Wildman–Crippen LogP) is 2.33. The van der Waals surface area contributed by atoms with Gasteiger partial charge >= 0.3 is 0 Å². The maximum atomic E-state index is 12.5. The fourth-order valence-electron chi connectivity index (χ4n) is 2.88. The first-order valence-corrected chi connectivity index (χ1v) is 9.72. The van der Waals surface area contributed by atoms with Crippen LogP contribution in [0.25, 0.3) is 11.3 Å². The molecule has 7 heteroatoms. The Hall–Kier alpha value is -2.51. The van der Waals surface area contributed by atoms with Gasteiger partial charge in [-0.3, -0.25) is 0 Å². The lowest BCUT2D eigenvalue weighted by Gasteiger charge is -2.37. The van der Waals surface area contributed by atoms with E-state index in [4.69, 9.17) is 0 Å². The van der Waals surface area contributed by atoms with Crippen molar-refractivity contribution in [2.45, 2.75) is 11.8 Å². The molecular formula is C18H18N4O2S. The van der Waals surface area contributed by atoms with Gasteiger partial charge in [-0.05, 0) is 5.56 Å². The Balaban J connectivity index is 1.41. The summed E-state index contributed by atoms with van der Waals surface area (Å²) in [5.74, 6) is 0.0349. The molecule has 0 saturated carbocycles. The molecular weight excluding hydrogens is 336 g/mol. The molecule has 0 amide bonds. The van der Waals surface area contributed by atoms with Gasteiger partial charge in [-0.15, -0.1) is 5.10 Å². The van der Waals surface area contributed by atoms with E-state index in [9.17, 15) is 8.42 Å². The standard InChI is InChI=1S/C18H18N4O2S/c23-25(24,14-15-7-3-1-4-8-15)21-11-17(12-21)22-13-18(19-20-22)16-9-5-2-6-10-16/h1-10,13,17H,11-12,14H2. The summed E-state index contributed by atoms with van der Waals surface area (Å²) in [4.78, 5) is 0. The molecule has 1 saturated heterocycles. The van der Waals surface area contributed by atoms with E-state index in [1.807, 2.05) is 66.9 Å². The number of aromatic nitrogens is 3. The molecule has 0 radical (unpaired) electrons. The summed E-state index contributed by atoms with van der Waals surface area (Å²) in [7, 11) is -3.29. The van der Waals surface area contributed by atoms with Crippen molar-refractivity contribution in [3.63, 3.8) is 0 Å². The highest BCUT2D eigenvalue weighted by atomic mass is 32.2. The highest BCUT2D eigenvalue weighted by Crippen LogP contribution is 2.27. The first kappa shape index (κ1) is 16.0. The third-order valence-corrected chi connectivity index (χ3v) is 6.15. The molecule has 128 valence electrons. The van der Waals surface area contributed by atoms with Crippen LogP contribution >= 0.6 is 0 Å². The van der Waals surface area contributed by atoms with Gasteiger partial charge in [0.15, 0.2) is 0 Å². The van der Waals surface area contributed by atoms with E-state index >= 15 is 0 Å². The summed E-state index contributed by atoms with van der Waals surface area (Å²) < 4.78 is 28.2. The molecule has 2 heterocycles. The molecule has 1 aromatic heterocycles. The normalized spacial score (nSPS) is 15.8. The second-order valence-corrected chi connectivity index (χ2v) is 8.13. The van der Waals surface area contributed by atoms with Gasteiger partial charge in [0, 0.05) is 18.7 Å². The minimum atomic E-state index is -3.29. The van der Waals surface area contributed by atoms with Gasteiger partial charge in [-0.25, -0.2) is 13.1 Å². The second kappa shape index (κ2) is 6.42. The summed E-state index contributed by atoms with van der Waals surface area (Å²) in [6, 6.07) is 19.1. The fourth-order valence-corrected chi connectivity index (χ4v) is 4.48. The summed E-state index contributed by atoms with van der Waals surface area (Å²) >= 11 is 0. The van der Waals surface area contributed by atoms with E-state index in [1.54, 1.807) is 4.68 Å². The van der Waals surface area contributed by atoms with Gasteiger partial charge in [0.2, 0.25) is 10.0 Å². The predicted molar refractivity (Wildman–Crippen MR) is 95.1 cm³/mol. The number of sulfonamides is 1. The van der Waals surface area contributed by atoms with Crippen LogP contribution < -0.4 is 0 Å². The molecule has 1 aliphatic rings. The summed E-state index contributed by atoms with van der Waals surface area (Å²) in [6.07, 6.45) is 1.88. The minimum absolute atomic E-state index is 0.0349. The highest BCUT2D eigenvalue weighted by Gasteiger charge is 2.37. The quantitative estimate of drug-likeness (QED) is 0.705. The van der Waals surface area contributed by atoms with E-state index in [0.29, 0.717) is 13.1 Å². The molecule has 2 aromatic carbocycles. The first-order valence-electron chi connectivity index (χ1n) is 8.11. The molecule has 0 bridgehead atoms. The van der Waals surface area contributed by atoms with E-state index in [0.717, 1.165) is 16.8 Å². The Bertz CT molecular complexity index is 949. The van der Waals surface area contributed by atoms with Gasteiger partial charge in [0.25, 0.3) is 0 Å². The van der Waals surface area contributed by atoms with Crippen molar-refractivity contribution in [3.05, 3.63) is 72.4 Å². The van der Waals surface area contributed by atoms with Crippen molar-refractivity contribution in [1.82, 2.24) is 19.3 Å². The molecule has 0 spiro atoms. The zero-order valence-corrected chi connectivity index (χ0v) is 14.4. The van der Waals surface area contributed by atoms with Crippen LogP contribution in [0.1, 0.15) is 11.6 Å². The van der Waals surface area contributed by atoms with Crippen LogP contribution in [0.3, 0.4) is 0 Å². The molecule has 0 unspecified atom stereocenters. The van der Waals surface area contributed by atoms with Gasteiger partial charge in [-0.1, -0.05) is 65.9 Å². The van der Waals surface area contributed by atoms with Crippen LogP contribution in [-0.2, 0) is 15.8 Å². The number of benzene rings is 2. The summed E-state index contributed by atoms with van der Waals surface area (Å²) in [5.41, 5.74) is 2.60. The Morgan fingerprint density at radius 1 is 0.960 bits per heavy atom. The average molecular weight is 354 g/mol. The first-order chi connectivity index (χ1) is 12.1. The van der Waals surface area contributed by atoms with Crippen molar-refractivity contribution >= 4 is 10.0 Å². The second-order valence-electron chi connectivity index (χ2n) is 6.16. The van der Waals surface area contributed by atoms with Crippen LogP contribution in [0.5, 0.6) is 0 Å². The van der Waals surface area contributed by atoms with Crippen molar-refractivity contribution in [1.29, 1.82) is 0 Å². The lowest BCUT2D eigenvalue weighted by molar-refractivity contribution is 0.188. The molecule has 1 fully saturated rings. The molecule has 0 atom stereocenters. The molecule has 1 aliphatic heterocycles. The average Bonchev–Trinajstić information content (AvgIpc) is 3.04. The van der Waals surface area contributed by atoms with Crippen LogP contribution in [0.2, 0.25) is 0 Å². The molecule has 25 heavy (non-hydrogen) atoms. The minimum Gasteiger partial charge on any atom is -0.246 e. The molecule has 0 N–H and O–H groups in total. The highest BCUT2D eigenvalue weighted by molar-refractivity contribution is 7.88. The van der Waals surface area contributed by atoms with E-state index in [-0.39, 0.29) is 11.8 Å². The van der Waals surface area contributed by atoms with Crippen molar-refractivity contribution in [2.24, 2.45) is 0 Å². The topological polar surface area (TPSA) is 68.1 Å².